The minimum atomic E-state index is -1.28. The highest BCUT2D eigenvalue weighted by Gasteiger charge is 2.16. The average molecular weight is 577 g/mol. The molecule has 0 radical (unpaired) electrons. The summed E-state index contributed by atoms with van der Waals surface area (Å²) >= 11 is 0. The Labute approximate surface area is 253 Å². The van der Waals surface area contributed by atoms with Crippen molar-refractivity contribution < 1.29 is 0 Å². The highest BCUT2D eigenvalue weighted by atomic mass is 28.3. The van der Waals surface area contributed by atoms with E-state index in [1.54, 1.807) is 0 Å². The number of fused-ring (bicyclic) bond motifs is 1. The molecule has 0 heterocycles. The maximum absolute atomic E-state index is 2.40. The smallest absolute Gasteiger partial charge is 0.0656 e. The summed E-state index contributed by atoms with van der Waals surface area (Å²) in [5.74, 6) is 0. The third kappa shape index (κ3) is 5.97. The predicted octanol–water partition coefficient (Wildman–Crippen LogP) is 10.6. The zero-order valence-corrected chi connectivity index (χ0v) is 27.7. The number of hydrogen-bond acceptors (Lipinski definition) is 0. The highest BCUT2D eigenvalue weighted by molar-refractivity contribution is 6.89. The van der Waals surface area contributed by atoms with Crippen LogP contribution in [0.15, 0.2) is 133 Å². The second kappa shape index (κ2) is 11.0. The Morgan fingerprint density at radius 3 is 0.738 bits per heavy atom. The van der Waals surface area contributed by atoms with Crippen molar-refractivity contribution in [3.63, 3.8) is 0 Å². The fourth-order valence-corrected chi connectivity index (χ4v) is 7.97. The zero-order valence-electron chi connectivity index (χ0n) is 25.7. The fraction of sp³-hybridized carbons (Fsp3) is 0.150. The molecular weight excluding hydrogens is 537 g/mol. The zero-order chi connectivity index (χ0) is 29.5. The summed E-state index contributed by atoms with van der Waals surface area (Å²) in [6.07, 6.45) is 0. The molecule has 0 saturated heterocycles. The van der Waals surface area contributed by atoms with Gasteiger partial charge in [-0.2, -0.15) is 0 Å². The monoisotopic (exact) mass is 576 g/mol. The van der Waals surface area contributed by atoms with Gasteiger partial charge in [0.05, 0.1) is 16.1 Å². The topological polar surface area (TPSA) is 0 Å². The van der Waals surface area contributed by atoms with Crippen LogP contribution in [-0.4, -0.2) is 16.1 Å². The molecule has 0 N–H and O–H groups in total. The van der Waals surface area contributed by atoms with Gasteiger partial charge in [-0.05, 0) is 67.4 Å². The second-order valence-electron chi connectivity index (χ2n) is 13.6. The van der Waals surface area contributed by atoms with E-state index < -0.39 is 16.1 Å². The van der Waals surface area contributed by atoms with E-state index in [9.17, 15) is 0 Å². The quantitative estimate of drug-likeness (QED) is 0.173. The minimum Gasteiger partial charge on any atom is -0.0656 e. The molecule has 0 nitrogen and oxygen atoms in total. The molecule has 208 valence electrons. The molecule has 0 amide bonds. The first-order chi connectivity index (χ1) is 20.0. The molecule has 0 aromatic heterocycles. The largest absolute Gasteiger partial charge is 0.0775 e. The number of benzene rings is 6. The van der Waals surface area contributed by atoms with Crippen molar-refractivity contribution in [2.24, 2.45) is 0 Å². The summed E-state index contributed by atoms with van der Waals surface area (Å²) < 4.78 is 0. The van der Waals surface area contributed by atoms with Gasteiger partial charge in [0.15, 0.2) is 0 Å². The average Bonchev–Trinajstić information content (AvgIpc) is 3.00. The Bertz CT molecular complexity index is 1690. The third-order valence-electron chi connectivity index (χ3n) is 8.45. The van der Waals surface area contributed by atoms with Gasteiger partial charge in [0.1, 0.15) is 0 Å². The Morgan fingerprint density at radius 2 is 0.476 bits per heavy atom. The van der Waals surface area contributed by atoms with Gasteiger partial charge >= 0.3 is 0 Å². The molecule has 0 bridgehead atoms. The first-order valence-electron chi connectivity index (χ1n) is 15.0. The van der Waals surface area contributed by atoms with Crippen molar-refractivity contribution in [3.05, 3.63) is 133 Å². The maximum atomic E-state index is 2.40. The lowest BCUT2D eigenvalue weighted by atomic mass is 9.96. The van der Waals surface area contributed by atoms with Gasteiger partial charge in [-0.15, -0.1) is 0 Å². The normalized spacial score (nSPS) is 12.0. The van der Waals surface area contributed by atoms with Crippen molar-refractivity contribution in [2.75, 3.05) is 0 Å². The van der Waals surface area contributed by atoms with E-state index in [-0.39, 0.29) is 0 Å². The van der Waals surface area contributed by atoms with E-state index in [2.05, 4.69) is 173 Å². The molecule has 0 aliphatic carbocycles. The molecule has 0 saturated carbocycles. The van der Waals surface area contributed by atoms with Crippen LogP contribution in [0.4, 0.5) is 0 Å². The lowest BCUT2D eigenvalue weighted by Gasteiger charge is -2.17. The van der Waals surface area contributed by atoms with Gasteiger partial charge < -0.3 is 0 Å². The summed E-state index contributed by atoms with van der Waals surface area (Å²) in [6, 6.07) is 49.9. The highest BCUT2D eigenvalue weighted by Crippen LogP contribution is 2.31. The Kier molecular flexibility index (Phi) is 7.38. The predicted molar refractivity (Wildman–Crippen MR) is 192 cm³/mol. The minimum absolute atomic E-state index is 1.25. The Morgan fingerprint density at radius 1 is 0.262 bits per heavy atom. The van der Waals surface area contributed by atoms with E-state index in [0.29, 0.717) is 0 Å². The van der Waals surface area contributed by atoms with Gasteiger partial charge in [-0.3, -0.25) is 0 Å². The van der Waals surface area contributed by atoms with Gasteiger partial charge in [0.2, 0.25) is 0 Å². The van der Waals surface area contributed by atoms with E-state index in [0.717, 1.165) is 0 Å². The Balaban J connectivity index is 1.19. The summed E-state index contributed by atoms with van der Waals surface area (Å²) in [7, 11) is -2.55. The maximum Gasteiger partial charge on any atom is 0.0775 e. The first kappa shape index (κ1) is 28.1. The molecule has 6 aromatic carbocycles. The third-order valence-corrected chi connectivity index (χ3v) is 12.6. The number of rotatable bonds is 6. The molecule has 0 spiro atoms. The van der Waals surface area contributed by atoms with Crippen molar-refractivity contribution in [3.8, 4) is 44.5 Å². The van der Waals surface area contributed by atoms with Gasteiger partial charge in [-0.25, -0.2) is 0 Å². The Hall–Kier alpha value is -3.99. The molecule has 6 aromatic rings. The van der Waals surface area contributed by atoms with Gasteiger partial charge in [-0.1, -0.05) is 171 Å². The van der Waals surface area contributed by atoms with E-state index in [4.69, 9.17) is 0 Å². The molecule has 0 unspecified atom stereocenters. The van der Waals surface area contributed by atoms with Crippen molar-refractivity contribution in [2.45, 2.75) is 39.3 Å². The van der Waals surface area contributed by atoms with Crippen molar-refractivity contribution in [1.82, 2.24) is 0 Å². The molecule has 2 heteroatoms. The SMILES string of the molecule is C[Si](C)(C)c1ccc(-c2ccc(-c3ccc4cc(-c5ccc(-c6ccc([Si](C)(C)C)cc6)cc5)ccc4c3)cc2)cc1. The van der Waals surface area contributed by atoms with Crippen LogP contribution in [0.25, 0.3) is 55.3 Å². The van der Waals surface area contributed by atoms with E-state index in [1.165, 1.54) is 65.7 Å². The van der Waals surface area contributed by atoms with E-state index >= 15 is 0 Å². The van der Waals surface area contributed by atoms with Crippen LogP contribution >= 0.6 is 0 Å². The van der Waals surface area contributed by atoms with Gasteiger partial charge in [0, 0.05) is 0 Å². The van der Waals surface area contributed by atoms with Crippen LogP contribution in [0, 0.1) is 0 Å². The van der Waals surface area contributed by atoms with Crippen molar-refractivity contribution >= 4 is 37.3 Å². The molecule has 42 heavy (non-hydrogen) atoms. The van der Waals surface area contributed by atoms with Crippen LogP contribution in [0.1, 0.15) is 0 Å². The number of hydrogen-bond donors (Lipinski definition) is 0. The van der Waals surface area contributed by atoms with Crippen LogP contribution in [0.2, 0.25) is 39.3 Å². The standard InChI is InChI=1S/C40H40Si2/c1-41(2,3)39-23-19-31(20-24-39)29-7-11-33(12-8-29)35-15-17-38-28-36(16-18-37(38)27-35)34-13-9-30(10-14-34)32-21-25-40(26-22-32)42(4,5)6/h7-28H,1-6H3. The summed E-state index contributed by atoms with van der Waals surface area (Å²) in [6.45, 7) is 14.4. The lowest BCUT2D eigenvalue weighted by molar-refractivity contribution is 1.59. The van der Waals surface area contributed by atoms with Crippen LogP contribution in [0.5, 0.6) is 0 Å². The van der Waals surface area contributed by atoms with Crippen LogP contribution < -0.4 is 10.4 Å². The fourth-order valence-electron chi connectivity index (χ4n) is 5.64. The van der Waals surface area contributed by atoms with Crippen LogP contribution in [-0.2, 0) is 0 Å². The van der Waals surface area contributed by atoms with E-state index in [1.807, 2.05) is 0 Å². The van der Waals surface area contributed by atoms with Crippen LogP contribution in [0.3, 0.4) is 0 Å². The second-order valence-corrected chi connectivity index (χ2v) is 23.7. The molecule has 0 aliphatic rings. The molecule has 0 atom stereocenters. The molecule has 0 aliphatic heterocycles. The lowest BCUT2D eigenvalue weighted by Crippen LogP contribution is -2.37. The molecule has 6 rings (SSSR count). The summed E-state index contributed by atoms with van der Waals surface area (Å²) in [4.78, 5) is 0. The van der Waals surface area contributed by atoms with Gasteiger partial charge in [0.25, 0.3) is 0 Å². The van der Waals surface area contributed by atoms with Crippen molar-refractivity contribution in [1.29, 1.82) is 0 Å². The summed E-state index contributed by atoms with van der Waals surface area (Å²) in [5.41, 5.74) is 10.1. The molecule has 0 fully saturated rings. The first-order valence-corrected chi connectivity index (χ1v) is 22.0. The molecular formula is C40H40Si2. The summed E-state index contributed by atoms with van der Waals surface area (Å²) in [5, 5.41) is 5.53.